The lowest BCUT2D eigenvalue weighted by Crippen LogP contribution is -2.59. The average Bonchev–Trinajstić information content (AvgIpc) is 2.60. The van der Waals surface area contributed by atoms with Gasteiger partial charge in [-0.1, -0.05) is 34.6 Å². The van der Waals surface area contributed by atoms with E-state index in [0.717, 1.165) is 6.42 Å². The molecule has 5 unspecified atom stereocenters. The minimum absolute atomic E-state index is 0.0522. The van der Waals surface area contributed by atoms with Crippen LogP contribution in [0.15, 0.2) is 0 Å². The lowest BCUT2D eigenvalue weighted by Gasteiger charge is -2.50. The van der Waals surface area contributed by atoms with Crippen molar-refractivity contribution in [2.45, 2.75) is 98.0 Å². The fourth-order valence-corrected chi connectivity index (χ4v) is 4.49. The quantitative estimate of drug-likeness (QED) is 0.773. The first kappa shape index (κ1) is 19.6. The largest absolute Gasteiger partial charge is 0.372 e. The lowest BCUT2D eigenvalue weighted by atomic mass is 9.80. The van der Waals surface area contributed by atoms with Gasteiger partial charge in [-0.3, -0.25) is 0 Å². The summed E-state index contributed by atoms with van der Waals surface area (Å²) in [4.78, 5) is 0. The van der Waals surface area contributed by atoms with Gasteiger partial charge in [0.2, 0.25) is 0 Å². The van der Waals surface area contributed by atoms with Gasteiger partial charge in [0.05, 0.1) is 31.0 Å². The molecular weight excluding hydrogens is 320 g/mol. The summed E-state index contributed by atoms with van der Waals surface area (Å²) in [5, 5.41) is 0. The van der Waals surface area contributed by atoms with Crippen LogP contribution in [0.3, 0.4) is 0 Å². The summed E-state index contributed by atoms with van der Waals surface area (Å²) in [6.07, 6.45) is 1.06. The third-order valence-electron chi connectivity index (χ3n) is 6.83. The first-order valence-corrected chi connectivity index (χ1v) is 10.1. The molecule has 0 radical (unpaired) electrons. The van der Waals surface area contributed by atoms with Crippen LogP contribution in [-0.4, -0.2) is 49.7 Å². The Balaban J connectivity index is 1.71. The van der Waals surface area contributed by atoms with E-state index < -0.39 is 0 Å². The highest BCUT2D eigenvalue weighted by molar-refractivity contribution is 4.91. The maximum atomic E-state index is 6.57. The second-order valence-electron chi connectivity index (χ2n) is 8.37. The number of hydrogen-bond acceptors (Lipinski definition) is 5. The second kappa shape index (κ2) is 7.81. The zero-order valence-corrected chi connectivity index (χ0v) is 16.8. The minimum atomic E-state index is -0.234. The molecule has 0 aromatic rings. The van der Waals surface area contributed by atoms with Gasteiger partial charge >= 0.3 is 0 Å². The molecule has 0 amide bonds. The Morgan fingerprint density at radius 3 is 2.24 bits per heavy atom. The number of fused-ring (bicyclic) bond motifs is 1. The smallest absolute Gasteiger partial charge is 0.161 e. The molecule has 0 aliphatic carbocycles. The van der Waals surface area contributed by atoms with Gasteiger partial charge < -0.3 is 23.7 Å². The van der Waals surface area contributed by atoms with Crippen LogP contribution < -0.4 is 0 Å². The number of ether oxygens (including phenoxy) is 5. The van der Waals surface area contributed by atoms with Crippen molar-refractivity contribution >= 4 is 0 Å². The van der Waals surface area contributed by atoms with E-state index in [0.29, 0.717) is 24.4 Å². The summed E-state index contributed by atoms with van der Waals surface area (Å²) in [7, 11) is 0. The molecule has 11 atom stereocenters. The van der Waals surface area contributed by atoms with E-state index in [9.17, 15) is 0 Å². The maximum absolute atomic E-state index is 6.57. The highest BCUT2D eigenvalue weighted by atomic mass is 16.7. The van der Waals surface area contributed by atoms with Crippen LogP contribution in [-0.2, 0) is 23.7 Å². The zero-order chi connectivity index (χ0) is 18.3. The predicted octanol–water partition coefficient (Wildman–Crippen LogP) is 3.60. The Morgan fingerprint density at radius 2 is 1.56 bits per heavy atom. The summed E-state index contributed by atoms with van der Waals surface area (Å²) in [6, 6.07) is 0. The molecule has 3 rings (SSSR count). The van der Waals surface area contributed by atoms with E-state index in [1.807, 2.05) is 6.92 Å². The zero-order valence-electron chi connectivity index (χ0n) is 16.8. The summed E-state index contributed by atoms with van der Waals surface area (Å²) in [6.45, 7) is 15.8. The van der Waals surface area contributed by atoms with Crippen molar-refractivity contribution in [3.05, 3.63) is 0 Å². The molecule has 3 fully saturated rings. The fraction of sp³-hybridized carbons (Fsp3) is 1.00. The molecule has 0 saturated carbocycles. The minimum Gasteiger partial charge on any atom is -0.372 e. The van der Waals surface area contributed by atoms with Crippen LogP contribution in [0.4, 0.5) is 0 Å². The Morgan fingerprint density at radius 1 is 0.840 bits per heavy atom. The molecule has 25 heavy (non-hydrogen) atoms. The third-order valence-corrected chi connectivity index (χ3v) is 6.83. The molecule has 3 aliphatic rings. The lowest BCUT2D eigenvalue weighted by molar-refractivity contribution is -0.353. The normalized spacial score (nSPS) is 54.1. The van der Waals surface area contributed by atoms with Crippen molar-refractivity contribution in [3.63, 3.8) is 0 Å². The SMILES string of the molecule is CCC1O[C@@H](C)C(C)[C@@H](C)[C@@H]1O[C@@H]1OC2COC(C)O[C@H]2[C@H](C)C1C. The summed E-state index contributed by atoms with van der Waals surface area (Å²) >= 11 is 0. The molecule has 0 spiro atoms. The van der Waals surface area contributed by atoms with Gasteiger partial charge in [0.15, 0.2) is 12.6 Å². The van der Waals surface area contributed by atoms with Crippen LogP contribution >= 0.6 is 0 Å². The molecule has 0 bridgehead atoms. The summed E-state index contributed by atoms with van der Waals surface area (Å²) < 4.78 is 30.7. The van der Waals surface area contributed by atoms with Gasteiger partial charge in [-0.05, 0) is 38.0 Å². The second-order valence-corrected chi connectivity index (χ2v) is 8.37. The van der Waals surface area contributed by atoms with Crippen molar-refractivity contribution in [2.75, 3.05) is 6.61 Å². The molecule has 5 heteroatoms. The van der Waals surface area contributed by atoms with Crippen molar-refractivity contribution in [1.82, 2.24) is 0 Å². The molecule has 5 nitrogen and oxygen atoms in total. The van der Waals surface area contributed by atoms with E-state index in [4.69, 9.17) is 23.7 Å². The van der Waals surface area contributed by atoms with E-state index in [1.54, 1.807) is 0 Å². The van der Waals surface area contributed by atoms with Crippen LogP contribution in [0, 0.1) is 23.7 Å². The van der Waals surface area contributed by atoms with Crippen molar-refractivity contribution in [3.8, 4) is 0 Å². The van der Waals surface area contributed by atoms with E-state index in [1.165, 1.54) is 0 Å². The van der Waals surface area contributed by atoms with Gasteiger partial charge in [0.25, 0.3) is 0 Å². The molecule has 0 aromatic carbocycles. The van der Waals surface area contributed by atoms with Crippen LogP contribution in [0.25, 0.3) is 0 Å². The van der Waals surface area contributed by atoms with E-state index in [-0.39, 0.29) is 49.0 Å². The molecule has 0 aromatic heterocycles. The monoisotopic (exact) mass is 356 g/mol. The summed E-state index contributed by atoms with van der Waals surface area (Å²) in [5.74, 6) is 1.55. The van der Waals surface area contributed by atoms with Gasteiger partial charge in [0.1, 0.15) is 6.10 Å². The van der Waals surface area contributed by atoms with Crippen molar-refractivity contribution in [1.29, 1.82) is 0 Å². The maximum Gasteiger partial charge on any atom is 0.161 e. The molecule has 3 heterocycles. The fourth-order valence-electron chi connectivity index (χ4n) is 4.49. The van der Waals surface area contributed by atoms with Gasteiger partial charge in [-0.25, -0.2) is 0 Å². The first-order chi connectivity index (χ1) is 11.8. The Kier molecular flexibility index (Phi) is 6.11. The number of rotatable bonds is 3. The molecule has 3 saturated heterocycles. The first-order valence-electron chi connectivity index (χ1n) is 10.1. The third kappa shape index (κ3) is 3.77. The van der Waals surface area contributed by atoms with Crippen molar-refractivity contribution in [2.24, 2.45) is 23.7 Å². The Labute approximate surface area is 152 Å². The highest BCUT2D eigenvalue weighted by Gasteiger charge is 2.48. The molecule has 0 N–H and O–H groups in total. The average molecular weight is 357 g/mol. The molecule has 146 valence electrons. The standard InChI is InChI=1S/C20H36O5/c1-8-16-18(11(3)10(2)14(6)22-16)25-20-13(5)12(4)19-17(24-20)9-21-15(7)23-19/h10-20H,8-9H2,1-7H3/t10?,11-,12-,13?,14+,15?,16?,17?,18+,19+,20+/m1/s1. The Bertz CT molecular complexity index is 440. The van der Waals surface area contributed by atoms with Gasteiger partial charge in [-0.2, -0.15) is 0 Å². The van der Waals surface area contributed by atoms with Crippen LogP contribution in [0.5, 0.6) is 0 Å². The predicted molar refractivity (Wildman–Crippen MR) is 95.1 cm³/mol. The van der Waals surface area contributed by atoms with Crippen LogP contribution in [0.1, 0.15) is 54.9 Å². The molecule has 3 aliphatic heterocycles. The van der Waals surface area contributed by atoms with Crippen LogP contribution in [0.2, 0.25) is 0 Å². The van der Waals surface area contributed by atoms with E-state index in [2.05, 4.69) is 41.5 Å². The van der Waals surface area contributed by atoms with Crippen molar-refractivity contribution < 1.29 is 23.7 Å². The topological polar surface area (TPSA) is 46.2 Å². The highest BCUT2D eigenvalue weighted by Crippen LogP contribution is 2.40. The number of hydrogen-bond donors (Lipinski definition) is 0. The molecular formula is C20H36O5. The van der Waals surface area contributed by atoms with E-state index >= 15 is 0 Å². The summed E-state index contributed by atoms with van der Waals surface area (Å²) in [5.41, 5.74) is 0. The van der Waals surface area contributed by atoms with Gasteiger partial charge in [0, 0.05) is 5.92 Å². The van der Waals surface area contributed by atoms with Gasteiger partial charge in [-0.15, -0.1) is 0 Å². The Hall–Kier alpha value is -0.200.